The summed E-state index contributed by atoms with van der Waals surface area (Å²) in [5, 5.41) is 15.2. The van der Waals surface area contributed by atoms with Gasteiger partial charge in [-0.05, 0) is 30.7 Å². The number of aryl methyl sites for hydroxylation is 1. The summed E-state index contributed by atoms with van der Waals surface area (Å²) >= 11 is 5.97. The van der Waals surface area contributed by atoms with E-state index in [4.69, 9.17) is 16.3 Å². The van der Waals surface area contributed by atoms with E-state index in [0.717, 1.165) is 18.7 Å². The lowest BCUT2D eigenvalue weighted by Crippen LogP contribution is -2.36. The fraction of sp³-hybridized carbons (Fsp3) is 0.312. The number of benzene rings is 1. The van der Waals surface area contributed by atoms with Crippen molar-refractivity contribution >= 4 is 23.3 Å². The Labute approximate surface area is 143 Å². The molecule has 1 aromatic carbocycles. The van der Waals surface area contributed by atoms with Gasteiger partial charge in [0.15, 0.2) is 0 Å². The number of phenolic OH excluding ortho intramolecular Hbond substituents is 1. The third-order valence-electron chi connectivity index (χ3n) is 4.03. The number of anilines is 1. The molecule has 3 aromatic rings. The van der Waals surface area contributed by atoms with E-state index in [1.165, 1.54) is 6.07 Å². The molecule has 7 nitrogen and oxygen atoms in total. The number of nitrogens with zero attached hydrogens (tertiary/aromatic N) is 5. The second kappa shape index (κ2) is 5.92. The van der Waals surface area contributed by atoms with Gasteiger partial charge in [-0.25, -0.2) is 9.50 Å². The number of aromatic nitrogens is 4. The minimum absolute atomic E-state index is 0.102. The molecule has 1 fully saturated rings. The SMILES string of the molecule is Cc1cc(Cl)cc(O)c1-c1ccn2nc(N3CCOCC3)nc2n1. The zero-order valence-electron chi connectivity index (χ0n) is 13.1. The van der Waals surface area contributed by atoms with Crippen LogP contribution in [-0.2, 0) is 4.74 Å². The number of fused-ring (bicyclic) bond motifs is 1. The van der Waals surface area contributed by atoms with Crippen LogP contribution in [0.15, 0.2) is 24.4 Å². The standard InChI is InChI=1S/C16H16ClN5O2/c1-10-8-11(17)9-13(23)14(10)12-2-3-22-15(18-12)19-16(20-22)21-4-6-24-7-5-21/h2-3,8-9,23H,4-7H2,1H3. The highest BCUT2D eigenvalue weighted by atomic mass is 35.5. The molecule has 1 saturated heterocycles. The van der Waals surface area contributed by atoms with Crippen LogP contribution < -0.4 is 4.90 Å². The van der Waals surface area contributed by atoms with Crippen molar-refractivity contribution in [1.29, 1.82) is 0 Å². The summed E-state index contributed by atoms with van der Waals surface area (Å²) in [7, 11) is 0. The van der Waals surface area contributed by atoms with E-state index < -0.39 is 0 Å². The molecule has 4 rings (SSSR count). The average molecular weight is 346 g/mol. The maximum Gasteiger partial charge on any atom is 0.254 e. The molecule has 0 aliphatic carbocycles. The van der Waals surface area contributed by atoms with Crippen LogP contribution in [0, 0.1) is 6.92 Å². The van der Waals surface area contributed by atoms with Crippen LogP contribution in [0.1, 0.15) is 5.56 Å². The molecule has 0 saturated carbocycles. The van der Waals surface area contributed by atoms with Gasteiger partial charge in [0.2, 0.25) is 5.95 Å². The number of phenols is 1. The summed E-state index contributed by atoms with van der Waals surface area (Å²) in [6.45, 7) is 4.76. The van der Waals surface area contributed by atoms with Crippen LogP contribution in [0.3, 0.4) is 0 Å². The molecular formula is C16H16ClN5O2. The maximum atomic E-state index is 10.2. The molecule has 24 heavy (non-hydrogen) atoms. The van der Waals surface area contributed by atoms with Crippen molar-refractivity contribution < 1.29 is 9.84 Å². The average Bonchev–Trinajstić information content (AvgIpc) is 2.98. The van der Waals surface area contributed by atoms with Crippen molar-refractivity contribution in [1.82, 2.24) is 19.6 Å². The number of hydrogen-bond donors (Lipinski definition) is 1. The highest BCUT2D eigenvalue weighted by molar-refractivity contribution is 6.31. The van der Waals surface area contributed by atoms with Crippen LogP contribution in [0.4, 0.5) is 5.95 Å². The van der Waals surface area contributed by atoms with Crippen molar-refractivity contribution in [2.45, 2.75) is 6.92 Å². The van der Waals surface area contributed by atoms with Gasteiger partial charge in [0, 0.05) is 29.9 Å². The molecule has 2 aromatic heterocycles. The second-order valence-electron chi connectivity index (χ2n) is 5.69. The van der Waals surface area contributed by atoms with E-state index in [-0.39, 0.29) is 5.75 Å². The Bertz CT molecular complexity index is 882. The van der Waals surface area contributed by atoms with Gasteiger partial charge in [-0.3, -0.25) is 0 Å². The molecule has 3 heterocycles. The van der Waals surface area contributed by atoms with E-state index in [1.807, 2.05) is 6.92 Å². The number of aromatic hydroxyl groups is 1. The summed E-state index contributed by atoms with van der Waals surface area (Å²) in [6, 6.07) is 5.12. The molecule has 1 aliphatic rings. The minimum Gasteiger partial charge on any atom is -0.507 e. The van der Waals surface area contributed by atoms with Crippen LogP contribution in [0.25, 0.3) is 17.0 Å². The van der Waals surface area contributed by atoms with Gasteiger partial charge in [0.25, 0.3) is 5.78 Å². The largest absolute Gasteiger partial charge is 0.507 e. The molecule has 1 N–H and O–H groups in total. The predicted molar refractivity (Wildman–Crippen MR) is 90.7 cm³/mol. The zero-order valence-corrected chi connectivity index (χ0v) is 13.9. The van der Waals surface area contributed by atoms with Crippen molar-refractivity contribution in [3.05, 3.63) is 35.0 Å². The lowest BCUT2D eigenvalue weighted by Gasteiger charge is -2.25. The zero-order chi connectivity index (χ0) is 16.7. The Kier molecular flexibility index (Phi) is 3.74. The van der Waals surface area contributed by atoms with E-state index in [9.17, 15) is 5.11 Å². The van der Waals surface area contributed by atoms with Crippen LogP contribution in [-0.4, -0.2) is 51.0 Å². The van der Waals surface area contributed by atoms with Gasteiger partial charge in [0.05, 0.1) is 18.9 Å². The summed E-state index contributed by atoms with van der Waals surface area (Å²) in [5.74, 6) is 1.23. The fourth-order valence-electron chi connectivity index (χ4n) is 2.86. The van der Waals surface area contributed by atoms with Crippen molar-refractivity contribution in [3.8, 4) is 17.0 Å². The first-order valence-corrected chi connectivity index (χ1v) is 8.05. The number of morpholine rings is 1. The highest BCUT2D eigenvalue weighted by Gasteiger charge is 2.17. The lowest BCUT2D eigenvalue weighted by molar-refractivity contribution is 0.122. The Morgan fingerprint density at radius 2 is 2.00 bits per heavy atom. The molecule has 0 amide bonds. The van der Waals surface area contributed by atoms with Gasteiger partial charge in [-0.1, -0.05) is 11.6 Å². The van der Waals surface area contributed by atoms with Gasteiger partial charge >= 0.3 is 0 Å². The topological polar surface area (TPSA) is 75.8 Å². The van der Waals surface area contributed by atoms with Crippen LogP contribution in [0.2, 0.25) is 5.02 Å². The van der Waals surface area contributed by atoms with Gasteiger partial charge in [0.1, 0.15) is 5.75 Å². The van der Waals surface area contributed by atoms with Crippen molar-refractivity contribution in [2.75, 3.05) is 31.2 Å². The van der Waals surface area contributed by atoms with Crippen molar-refractivity contribution in [2.24, 2.45) is 0 Å². The third-order valence-corrected chi connectivity index (χ3v) is 4.24. The van der Waals surface area contributed by atoms with Gasteiger partial charge in [-0.2, -0.15) is 4.98 Å². The van der Waals surface area contributed by atoms with Gasteiger partial charge < -0.3 is 14.7 Å². The van der Waals surface area contributed by atoms with E-state index in [0.29, 0.717) is 41.2 Å². The maximum absolute atomic E-state index is 10.2. The molecular weight excluding hydrogens is 330 g/mol. The van der Waals surface area contributed by atoms with E-state index in [1.54, 1.807) is 22.8 Å². The summed E-state index contributed by atoms with van der Waals surface area (Å²) < 4.78 is 6.99. The first-order valence-electron chi connectivity index (χ1n) is 7.67. The van der Waals surface area contributed by atoms with Crippen LogP contribution in [0.5, 0.6) is 5.75 Å². The van der Waals surface area contributed by atoms with Crippen molar-refractivity contribution in [3.63, 3.8) is 0 Å². The first-order chi connectivity index (χ1) is 11.6. The molecule has 0 unspecified atom stereocenters. The molecule has 0 bridgehead atoms. The minimum atomic E-state index is 0.102. The molecule has 1 aliphatic heterocycles. The Morgan fingerprint density at radius 1 is 1.21 bits per heavy atom. The fourth-order valence-corrected chi connectivity index (χ4v) is 3.13. The molecule has 0 atom stereocenters. The van der Waals surface area contributed by atoms with E-state index >= 15 is 0 Å². The lowest BCUT2D eigenvalue weighted by atomic mass is 10.0. The number of halogens is 1. The second-order valence-corrected chi connectivity index (χ2v) is 6.12. The number of rotatable bonds is 2. The summed E-state index contributed by atoms with van der Waals surface area (Å²) in [4.78, 5) is 11.1. The highest BCUT2D eigenvalue weighted by Crippen LogP contribution is 2.34. The normalized spacial score (nSPS) is 15.2. The quantitative estimate of drug-likeness (QED) is 0.768. The molecule has 8 heteroatoms. The Hall–Kier alpha value is -2.38. The smallest absolute Gasteiger partial charge is 0.254 e. The molecule has 0 radical (unpaired) electrons. The molecule has 0 spiro atoms. The first kappa shape index (κ1) is 15.2. The molecule has 124 valence electrons. The van der Waals surface area contributed by atoms with Gasteiger partial charge in [-0.15, -0.1) is 5.10 Å². The summed E-state index contributed by atoms with van der Waals surface area (Å²) in [5.41, 5.74) is 2.14. The monoisotopic (exact) mass is 345 g/mol. The predicted octanol–water partition coefficient (Wildman–Crippen LogP) is 2.30. The number of hydrogen-bond acceptors (Lipinski definition) is 6. The number of ether oxygens (including phenoxy) is 1. The third kappa shape index (κ3) is 2.65. The Morgan fingerprint density at radius 3 is 2.75 bits per heavy atom. The summed E-state index contributed by atoms with van der Waals surface area (Å²) in [6.07, 6.45) is 1.79. The Balaban J connectivity index is 1.76. The van der Waals surface area contributed by atoms with E-state index in [2.05, 4.69) is 20.0 Å². The van der Waals surface area contributed by atoms with Crippen LogP contribution >= 0.6 is 11.6 Å².